The lowest BCUT2D eigenvalue weighted by Gasteiger charge is -2.27. The Bertz CT molecular complexity index is 1000. The highest BCUT2D eigenvalue weighted by atomic mass is 16.5. The first-order valence-corrected chi connectivity index (χ1v) is 9.26. The molecule has 1 amide bonds. The summed E-state index contributed by atoms with van der Waals surface area (Å²) < 4.78 is 5.44. The zero-order valence-corrected chi connectivity index (χ0v) is 16.0. The third kappa shape index (κ3) is 4.14. The summed E-state index contributed by atoms with van der Waals surface area (Å²) in [5.74, 6) is 0.696. The van der Waals surface area contributed by atoms with Crippen molar-refractivity contribution in [1.82, 2.24) is 25.3 Å². The molecule has 1 saturated heterocycles. The quantitative estimate of drug-likeness (QED) is 0.685. The second-order valence-electron chi connectivity index (χ2n) is 6.52. The van der Waals surface area contributed by atoms with Gasteiger partial charge in [-0.25, -0.2) is 19.9 Å². The predicted octanol–water partition coefficient (Wildman–Crippen LogP) is 1.38. The van der Waals surface area contributed by atoms with Crippen molar-refractivity contribution in [3.05, 3.63) is 48.3 Å². The van der Waals surface area contributed by atoms with E-state index in [1.807, 2.05) is 18.2 Å². The van der Waals surface area contributed by atoms with Crippen molar-refractivity contribution < 1.29 is 9.53 Å². The lowest BCUT2D eigenvalue weighted by molar-refractivity contribution is 0.0963. The van der Waals surface area contributed by atoms with Crippen LogP contribution in [-0.4, -0.2) is 59.2 Å². The standard InChI is InChI=1S/C20H21N7O2/c1-22-18(28)14-4-2-13(3-5-14)16-10-17(15-11-23-19(21)24-12-15)26-20(25-16)27-6-8-29-9-7-27/h2-5,10-12H,6-9H2,1H3,(H,22,28)(H2,21,23,24). The molecule has 3 heterocycles. The van der Waals surface area contributed by atoms with Crippen LogP contribution in [-0.2, 0) is 4.74 Å². The number of rotatable bonds is 4. The molecule has 29 heavy (non-hydrogen) atoms. The molecule has 1 aliphatic rings. The average Bonchev–Trinajstić information content (AvgIpc) is 2.79. The molecule has 0 unspecified atom stereocenters. The van der Waals surface area contributed by atoms with Gasteiger partial charge in [0.25, 0.3) is 5.91 Å². The van der Waals surface area contributed by atoms with E-state index in [-0.39, 0.29) is 11.9 Å². The summed E-state index contributed by atoms with van der Waals surface area (Å²) in [5, 5.41) is 2.62. The maximum Gasteiger partial charge on any atom is 0.251 e. The van der Waals surface area contributed by atoms with Crippen LogP contribution in [0.4, 0.5) is 11.9 Å². The van der Waals surface area contributed by atoms with E-state index in [1.165, 1.54) is 0 Å². The lowest BCUT2D eigenvalue weighted by Crippen LogP contribution is -2.37. The van der Waals surface area contributed by atoms with Crippen LogP contribution in [0.2, 0.25) is 0 Å². The molecule has 3 N–H and O–H groups in total. The summed E-state index contributed by atoms with van der Waals surface area (Å²) in [7, 11) is 1.61. The molecule has 0 aliphatic carbocycles. The van der Waals surface area contributed by atoms with Gasteiger partial charge < -0.3 is 20.7 Å². The first kappa shape index (κ1) is 18.8. The second-order valence-corrected chi connectivity index (χ2v) is 6.52. The van der Waals surface area contributed by atoms with Crippen LogP contribution in [0.5, 0.6) is 0 Å². The Kier molecular flexibility index (Phi) is 5.30. The predicted molar refractivity (Wildman–Crippen MR) is 109 cm³/mol. The van der Waals surface area contributed by atoms with Crippen LogP contribution in [0.3, 0.4) is 0 Å². The third-order valence-corrected chi connectivity index (χ3v) is 4.65. The third-order valence-electron chi connectivity index (χ3n) is 4.65. The smallest absolute Gasteiger partial charge is 0.251 e. The molecule has 1 aromatic carbocycles. The zero-order chi connectivity index (χ0) is 20.2. The monoisotopic (exact) mass is 391 g/mol. The molecular formula is C20H21N7O2. The van der Waals surface area contributed by atoms with Gasteiger partial charge in [0.15, 0.2) is 0 Å². The Hall–Kier alpha value is -3.59. The fourth-order valence-corrected chi connectivity index (χ4v) is 3.04. The Labute approximate surface area is 168 Å². The molecule has 3 aromatic rings. The number of nitrogens with one attached hydrogen (secondary N) is 1. The highest BCUT2D eigenvalue weighted by Gasteiger charge is 2.17. The van der Waals surface area contributed by atoms with Crippen LogP contribution in [0.15, 0.2) is 42.7 Å². The number of nitrogen functional groups attached to an aromatic ring is 1. The number of ether oxygens (including phenoxy) is 1. The molecule has 0 bridgehead atoms. The van der Waals surface area contributed by atoms with E-state index in [9.17, 15) is 4.79 Å². The number of anilines is 2. The van der Waals surface area contributed by atoms with Gasteiger partial charge in [-0.1, -0.05) is 12.1 Å². The molecule has 0 atom stereocenters. The van der Waals surface area contributed by atoms with Crippen LogP contribution in [0, 0.1) is 0 Å². The van der Waals surface area contributed by atoms with Crippen molar-refractivity contribution in [3.8, 4) is 22.5 Å². The van der Waals surface area contributed by atoms with E-state index in [0.29, 0.717) is 30.4 Å². The average molecular weight is 391 g/mol. The Morgan fingerprint density at radius 1 is 1.03 bits per heavy atom. The summed E-state index contributed by atoms with van der Waals surface area (Å²) in [6.07, 6.45) is 3.29. The van der Waals surface area contributed by atoms with Gasteiger partial charge in [0.05, 0.1) is 24.6 Å². The Morgan fingerprint density at radius 3 is 2.28 bits per heavy atom. The highest BCUT2D eigenvalue weighted by Crippen LogP contribution is 2.26. The summed E-state index contributed by atoms with van der Waals surface area (Å²) in [4.78, 5) is 31.5. The number of aromatic nitrogens is 4. The number of nitrogens with zero attached hydrogens (tertiary/aromatic N) is 5. The second kappa shape index (κ2) is 8.19. The van der Waals surface area contributed by atoms with E-state index in [1.54, 1.807) is 31.6 Å². The van der Waals surface area contributed by atoms with E-state index in [4.69, 9.17) is 20.4 Å². The minimum absolute atomic E-state index is 0.132. The van der Waals surface area contributed by atoms with Gasteiger partial charge in [0.2, 0.25) is 11.9 Å². The molecule has 4 rings (SSSR count). The molecular weight excluding hydrogens is 370 g/mol. The van der Waals surface area contributed by atoms with Crippen molar-refractivity contribution in [2.24, 2.45) is 0 Å². The number of carbonyl (C=O) groups is 1. The summed E-state index contributed by atoms with van der Waals surface area (Å²) >= 11 is 0. The van der Waals surface area contributed by atoms with Gasteiger partial charge >= 0.3 is 0 Å². The number of amides is 1. The maximum atomic E-state index is 11.8. The minimum atomic E-state index is -0.132. The first-order chi connectivity index (χ1) is 14.1. The summed E-state index contributed by atoms with van der Waals surface area (Å²) in [6, 6.07) is 9.18. The topological polar surface area (TPSA) is 119 Å². The van der Waals surface area contributed by atoms with Crippen molar-refractivity contribution in [2.45, 2.75) is 0 Å². The SMILES string of the molecule is CNC(=O)c1ccc(-c2cc(-c3cnc(N)nc3)nc(N3CCOCC3)n2)cc1. The fourth-order valence-electron chi connectivity index (χ4n) is 3.04. The minimum Gasteiger partial charge on any atom is -0.378 e. The Balaban J connectivity index is 1.76. The zero-order valence-electron chi connectivity index (χ0n) is 16.0. The first-order valence-electron chi connectivity index (χ1n) is 9.26. The van der Waals surface area contributed by atoms with E-state index < -0.39 is 0 Å². The Morgan fingerprint density at radius 2 is 1.66 bits per heavy atom. The van der Waals surface area contributed by atoms with Crippen LogP contribution < -0.4 is 16.0 Å². The van der Waals surface area contributed by atoms with Crippen molar-refractivity contribution in [2.75, 3.05) is 44.0 Å². The van der Waals surface area contributed by atoms with E-state index in [0.717, 1.165) is 29.9 Å². The molecule has 9 nitrogen and oxygen atoms in total. The van der Waals surface area contributed by atoms with E-state index >= 15 is 0 Å². The maximum absolute atomic E-state index is 11.8. The van der Waals surface area contributed by atoms with Gasteiger partial charge in [-0.2, -0.15) is 0 Å². The molecule has 1 aliphatic heterocycles. The number of hydrogen-bond donors (Lipinski definition) is 2. The van der Waals surface area contributed by atoms with E-state index in [2.05, 4.69) is 20.2 Å². The number of carbonyl (C=O) groups excluding carboxylic acids is 1. The van der Waals surface area contributed by atoms with Gasteiger partial charge in [0, 0.05) is 49.2 Å². The van der Waals surface area contributed by atoms with Crippen LogP contribution in [0.25, 0.3) is 22.5 Å². The fraction of sp³-hybridized carbons (Fsp3) is 0.250. The number of benzene rings is 1. The van der Waals surface area contributed by atoms with Crippen LogP contribution >= 0.6 is 0 Å². The molecule has 2 aromatic heterocycles. The van der Waals surface area contributed by atoms with Gasteiger partial charge in [-0.05, 0) is 18.2 Å². The molecule has 0 radical (unpaired) electrons. The lowest BCUT2D eigenvalue weighted by atomic mass is 10.1. The van der Waals surface area contributed by atoms with Crippen molar-refractivity contribution >= 4 is 17.8 Å². The molecule has 1 fully saturated rings. The highest BCUT2D eigenvalue weighted by molar-refractivity contribution is 5.94. The normalized spacial score (nSPS) is 13.9. The van der Waals surface area contributed by atoms with Crippen LogP contribution in [0.1, 0.15) is 10.4 Å². The molecule has 9 heteroatoms. The summed E-state index contributed by atoms with van der Waals surface area (Å²) in [5.41, 5.74) is 9.28. The molecule has 0 saturated carbocycles. The largest absolute Gasteiger partial charge is 0.378 e. The number of nitrogens with two attached hydrogens (primary N) is 1. The summed E-state index contributed by atoms with van der Waals surface area (Å²) in [6.45, 7) is 2.71. The molecule has 148 valence electrons. The van der Waals surface area contributed by atoms with Gasteiger partial charge in [-0.15, -0.1) is 0 Å². The molecule has 0 spiro atoms. The number of morpholine rings is 1. The van der Waals surface area contributed by atoms with Gasteiger partial charge in [-0.3, -0.25) is 4.79 Å². The van der Waals surface area contributed by atoms with Crippen molar-refractivity contribution in [1.29, 1.82) is 0 Å². The van der Waals surface area contributed by atoms with Crippen molar-refractivity contribution in [3.63, 3.8) is 0 Å². The number of hydrogen-bond acceptors (Lipinski definition) is 8. The van der Waals surface area contributed by atoms with Gasteiger partial charge in [0.1, 0.15) is 0 Å².